The van der Waals surface area contributed by atoms with E-state index < -0.39 is 74.2 Å². The number of allylic oxidation sites excluding steroid dienone is 2. The van der Waals surface area contributed by atoms with Crippen LogP contribution in [0, 0.1) is 0 Å². The summed E-state index contributed by atoms with van der Waals surface area (Å²) < 4.78 is 11.1. The fourth-order valence-electron chi connectivity index (χ4n) is 8.85. The van der Waals surface area contributed by atoms with Gasteiger partial charge in [-0.3, -0.25) is 4.79 Å². The largest absolute Gasteiger partial charge is 0.394 e. The smallest absolute Gasteiger partial charge is 0.249 e. The van der Waals surface area contributed by atoms with Gasteiger partial charge in [-0.15, -0.1) is 0 Å². The molecule has 0 saturated carbocycles. The third kappa shape index (κ3) is 31.8. The molecule has 1 amide bonds. The Bertz CT molecular complexity index is 1050. The van der Waals surface area contributed by atoms with Crippen LogP contribution in [0.15, 0.2) is 12.2 Å². The van der Waals surface area contributed by atoms with Gasteiger partial charge in [-0.05, 0) is 38.5 Å². The molecule has 11 nitrogen and oxygen atoms in total. The average molecular weight is 914 g/mol. The van der Waals surface area contributed by atoms with Crippen molar-refractivity contribution in [2.75, 3.05) is 13.2 Å². The summed E-state index contributed by atoms with van der Waals surface area (Å²) in [7, 11) is 0. The fourth-order valence-corrected chi connectivity index (χ4v) is 8.85. The Hall–Kier alpha value is -1.15. The number of hydrogen-bond donors (Lipinski definition) is 8. The number of rotatable bonds is 46. The molecule has 1 heterocycles. The van der Waals surface area contributed by atoms with Crippen molar-refractivity contribution in [1.29, 1.82) is 0 Å². The molecule has 1 saturated heterocycles. The lowest BCUT2D eigenvalue weighted by Crippen LogP contribution is -2.60. The second kappa shape index (κ2) is 43.2. The first kappa shape index (κ1) is 60.9. The summed E-state index contributed by atoms with van der Waals surface area (Å²) in [5.74, 6) is -0.702. The van der Waals surface area contributed by atoms with Gasteiger partial charge in [-0.2, -0.15) is 0 Å². The third-order valence-electron chi connectivity index (χ3n) is 13.3. The number of nitrogens with one attached hydrogen (secondary N) is 1. The molecular weight excluding hydrogens is 811 g/mol. The Morgan fingerprint density at radius 3 is 1.34 bits per heavy atom. The second-order valence-corrected chi connectivity index (χ2v) is 19.3. The van der Waals surface area contributed by atoms with Crippen molar-refractivity contribution >= 4 is 5.91 Å². The van der Waals surface area contributed by atoms with Gasteiger partial charge in [0.15, 0.2) is 6.29 Å². The van der Waals surface area contributed by atoms with Gasteiger partial charge >= 0.3 is 0 Å². The number of hydrogen-bond acceptors (Lipinski definition) is 10. The minimum absolute atomic E-state index is 0.259. The van der Waals surface area contributed by atoms with Gasteiger partial charge in [-0.25, -0.2) is 0 Å². The van der Waals surface area contributed by atoms with Gasteiger partial charge in [0.1, 0.15) is 36.6 Å². The Balaban J connectivity index is 2.37. The van der Waals surface area contributed by atoms with Crippen molar-refractivity contribution in [2.45, 2.75) is 306 Å². The van der Waals surface area contributed by atoms with E-state index in [4.69, 9.17) is 9.47 Å². The van der Waals surface area contributed by atoms with E-state index in [0.717, 1.165) is 38.5 Å². The number of unbranched alkanes of at least 4 members (excludes halogenated alkanes) is 32. The van der Waals surface area contributed by atoms with E-state index in [1.54, 1.807) is 0 Å². The third-order valence-corrected chi connectivity index (χ3v) is 13.3. The van der Waals surface area contributed by atoms with Gasteiger partial charge in [0.25, 0.3) is 0 Å². The van der Waals surface area contributed by atoms with Crippen LogP contribution in [0.1, 0.15) is 251 Å². The molecule has 8 N–H and O–H groups in total. The predicted octanol–water partition coefficient (Wildman–Crippen LogP) is 10.4. The maximum atomic E-state index is 13.1. The number of carbonyl (C=O) groups excluding carboxylic acids is 1. The van der Waals surface area contributed by atoms with Crippen LogP contribution >= 0.6 is 0 Å². The molecule has 0 aromatic carbocycles. The van der Waals surface area contributed by atoms with E-state index >= 15 is 0 Å². The SMILES string of the molecule is CCCCCCCCCCCCCC/C=C/CCCC(O)C(O)C(COC1OC(CO)C(O)C(O)C1O)NC(=O)C(O)CCCCCCCCCCCCCCCCCCCCCC. The second-order valence-electron chi connectivity index (χ2n) is 19.3. The number of aliphatic hydroxyl groups excluding tert-OH is 7. The normalized spacial score (nSPS) is 21.0. The molecule has 0 aliphatic carbocycles. The molecule has 1 aliphatic rings. The Morgan fingerprint density at radius 1 is 0.531 bits per heavy atom. The van der Waals surface area contributed by atoms with Gasteiger partial charge in [-0.1, -0.05) is 225 Å². The van der Waals surface area contributed by atoms with Crippen molar-refractivity contribution < 1.29 is 50.0 Å². The molecule has 1 fully saturated rings. The van der Waals surface area contributed by atoms with Crippen molar-refractivity contribution in [1.82, 2.24) is 5.32 Å². The van der Waals surface area contributed by atoms with Crippen LogP contribution in [0.2, 0.25) is 0 Å². The van der Waals surface area contributed by atoms with Gasteiger partial charge < -0.3 is 50.5 Å². The highest BCUT2D eigenvalue weighted by molar-refractivity contribution is 5.80. The molecule has 380 valence electrons. The summed E-state index contributed by atoms with van der Waals surface area (Å²) in [6.45, 7) is 3.46. The molecule has 0 aromatic rings. The Kier molecular flexibility index (Phi) is 41.0. The van der Waals surface area contributed by atoms with Crippen LogP contribution in [0.3, 0.4) is 0 Å². The number of amides is 1. The van der Waals surface area contributed by atoms with E-state index in [1.807, 2.05) is 0 Å². The number of ether oxygens (including phenoxy) is 2. The predicted molar refractivity (Wildman–Crippen MR) is 261 cm³/mol. The van der Waals surface area contributed by atoms with Crippen LogP contribution in [-0.2, 0) is 14.3 Å². The maximum absolute atomic E-state index is 13.1. The van der Waals surface area contributed by atoms with Gasteiger partial charge in [0.05, 0.1) is 25.4 Å². The number of aliphatic hydroxyl groups is 7. The Morgan fingerprint density at radius 2 is 0.922 bits per heavy atom. The standard InChI is InChI=1S/C53H103NO10/c1-3-5-7-9-11-13-15-17-19-21-22-23-25-27-29-31-33-35-37-39-41-46(57)52(62)54-44(43-63-53-51(61)50(60)49(59)47(42-55)64-53)48(58)45(56)40-38-36-34-32-30-28-26-24-20-18-16-14-12-10-8-6-4-2/h32,34,44-51,53,55-61H,3-31,33,35-43H2,1-2H3,(H,54,62)/b34-32+. The lowest BCUT2D eigenvalue weighted by atomic mass is 9.98. The van der Waals surface area contributed by atoms with Crippen LogP contribution in [-0.4, -0.2) is 110 Å². The summed E-state index contributed by atoms with van der Waals surface area (Å²) in [6, 6.07) is -1.18. The van der Waals surface area contributed by atoms with Crippen molar-refractivity contribution in [3.05, 3.63) is 12.2 Å². The molecule has 0 spiro atoms. The highest BCUT2D eigenvalue weighted by atomic mass is 16.7. The highest BCUT2D eigenvalue weighted by Gasteiger charge is 2.44. The maximum Gasteiger partial charge on any atom is 0.249 e. The lowest BCUT2D eigenvalue weighted by Gasteiger charge is -2.40. The molecular formula is C53H103NO10. The molecule has 0 aromatic heterocycles. The van der Waals surface area contributed by atoms with E-state index in [2.05, 4.69) is 31.3 Å². The van der Waals surface area contributed by atoms with E-state index in [1.165, 1.54) is 173 Å². The van der Waals surface area contributed by atoms with Crippen molar-refractivity contribution in [3.8, 4) is 0 Å². The summed E-state index contributed by atoms with van der Waals surface area (Å²) >= 11 is 0. The molecule has 9 unspecified atom stereocenters. The van der Waals surface area contributed by atoms with Crippen molar-refractivity contribution in [2.24, 2.45) is 0 Å². The quantitative estimate of drug-likeness (QED) is 0.0216. The van der Waals surface area contributed by atoms with Crippen LogP contribution in [0.5, 0.6) is 0 Å². The molecule has 9 atom stereocenters. The van der Waals surface area contributed by atoms with E-state index in [-0.39, 0.29) is 12.8 Å². The first-order chi connectivity index (χ1) is 31.2. The average Bonchev–Trinajstić information content (AvgIpc) is 3.29. The summed E-state index contributed by atoms with van der Waals surface area (Å²) in [5.41, 5.74) is 0. The first-order valence-electron chi connectivity index (χ1n) is 27.1. The van der Waals surface area contributed by atoms with Gasteiger partial charge in [0.2, 0.25) is 5.91 Å². The summed E-state index contributed by atoms with van der Waals surface area (Å²) in [6.07, 6.45) is 36.9. The van der Waals surface area contributed by atoms with Gasteiger partial charge in [0, 0.05) is 0 Å². The first-order valence-corrected chi connectivity index (χ1v) is 27.1. The minimum Gasteiger partial charge on any atom is -0.394 e. The topological polar surface area (TPSA) is 189 Å². The zero-order valence-corrected chi connectivity index (χ0v) is 41.3. The molecule has 64 heavy (non-hydrogen) atoms. The van der Waals surface area contributed by atoms with E-state index in [0.29, 0.717) is 12.8 Å². The number of carbonyl (C=O) groups is 1. The summed E-state index contributed by atoms with van der Waals surface area (Å²) in [4.78, 5) is 13.1. The minimum atomic E-state index is -1.66. The highest BCUT2D eigenvalue weighted by Crippen LogP contribution is 2.23. The van der Waals surface area contributed by atoms with Crippen LogP contribution in [0.4, 0.5) is 0 Å². The fraction of sp³-hybridized carbons (Fsp3) is 0.943. The monoisotopic (exact) mass is 914 g/mol. The molecule has 1 rings (SSSR count). The summed E-state index contributed by atoms with van der Waals surface area (Å²) in [5, 5.41) is 75.9. The van der Waals surface area contributed by atoms with Crippen LogP contribution < -0.4 is 5.32 Å². The molecule has 0 radical (unpaired) electrons. The zero-order valence-electron chi connectivity index (χ0n) is 41.3. The molecule has 11 heteroatoms. The Labute approximate surface area is 392 Å². The zero-order chi connectivity index (χ0) is 46.9. The lowest BCUT2D eigenvalue weighted by molar-refractivity contribution is -0.303. The molecule has 0 bridgehead atoms. The van der Waals surface area contributed by atoms with Crippen molar-refractivity contribution in [3.63, 3.8) is 0 Å². The molecule has 1 aliphatic heterocycles. The van der Waals surface area contributed by atoms with Crippen LogP contribution in [0.25, 0.3) is 0 Å². The van der Waals surface area contributed by atoms with E-state index in [9.17, 15) is 40.5 Å².